The highest BCUT2D eigenvalue weighted by atomic mass is 79.9. The SMILES string of the molecule is O=C(O)[C@@H]1C(=O)NC[C@H]1c1cccc(Br)c1. The van der Waals surface area contributed by atoms with E-state index >= 15 is 0 Å². The Kier molecular flexibility index (Phi) is 2.96. The predicted molar refractivity (Wildman–Crippen MR) is 61.0 cm³/mol. The minimum absolute atomic E-state index is 0.289. The van der Waals surface area contributed by atoms with Crippen LogP contribution in [0.25, 0.3) is 0 Å². The van der Waals surface area contributed by atoms with Gasteiger partial charge in [0.25, 0.3) is 0 Å². The molecule has 1 heterocycles. The number of carbonyl (C=O) groups excluding carboxylic acids is 1. The zero-order valence-corrected chi connectivity index (χ0v) is 9.90. The van der Waals surface area contributed by atoms with Gasteiger partial charge in [-0.2, -0.15) is 0 Å². The molecule has 1 fully saturated rings. The topological polar surface area (TPSA) is 66.4 Å². The van der Waals surface area contributed by atoms with Crippen LogP contribution in [0, 0.1) is 5.92 Å². The molecule has 0 saturated carbocycles. The van der Waals surface area contributed by atoms with E-state index in [1.807, 2.05) is 24.3 Å². The number of hydrogen-bond acceptors (Lipinski definition) is 2. The Balaban J connectivity index is 2.34. The lowest BCUT2D eigenvalue weighted by molar-refractivity contribution is -0.145. The van der Waals surface area contributed by atoms with E-state index in [0.717, 1.165) is 10.0 Å². The summed E-state index contributed by atoms with van der Waals surface area (Å²) in [7, 11) is 0. The van der Waals surface area contributed by atoms with Crippen LogP contribution in [0.4, 0.5) is 0 Å². The van der Waals surface area contributed by atoms with Crippen LogP contribution in [-0.4, -0.2) is 23.5 Å². The summed E-state index contributed by atoms with van der Waals surface area (Å²) in [5.74, 6) is -2.74. The van der Waals surface area contributed by atoms with Crippen LogP contribution in [0.5, 0.6) is 0 Å². The molecule has 2 atom stereocenters. The molecule has 4 nitrogen and oxygen atoms in total. The van der Waals surface area contributed by atoms with Gasteiger partial charge in [0, 0.05) is 16.9 Å². The first kappa shape index (κ1) is 11.1. The molecular weight excluding hydrogens is 274 g/mol. The minimum atomic E-state index is -1.07. The molecule has 0 aliphatic carbocycles. The van der Waals surface area contributed by atoms with Crippen molar-refractivity contribution in [1.29, 1.82) is 0 Å². The van der Waals surface area contributed by atoms with E-state index in [1.165, 1.54) is 0 Å². The summed E-state index contributed by atoms with van der Waals surface area (Å²) in [4.78, 5) is 22.4. The molecule has 2 N–H and O–H groups in total. The van der Waals surface area contributed by atoms with Gasteiger partial charge in [-0.05, 0) is 17.7 Å². The van der Waals surface area contributed by atoms with E-state index < -0.39 is 17.8 Å². The van der Waals surface area contributed by atoms with Crippen molar-refractivity contribution < 1.29 is 14.7 Å². The lowest BCUT2D eigenvalue weighted by Crippen LogP contribution is -2.26. The van der Waals surface area contributed by atoms with E-state index in [2.05, 4.69) is 21.2 Å². The van der Waals surface area contributed by atoms with Gasteiger partial charge in [-0.25, -0.2) is 0 Å². The Hall–Kier alpha value is -1.36. The molecule has 0 spiro atoms. The molecule has 1 aliphatic heterocycles. The summed E-state index contributed by atoms with van der Waals surface area (Å²) < 4.78 is 0.883. The summed E-state index contributed by atoms with van der Waals surface area (Å²) >= 11 is 3.33. The molecule has 0 radical (unpaired) electrons. The summed E-state index contributed by atoms with van der Waals surface area (Å²) in [5, 5.41) is 11.6. The van der Waals surface area contributed by atoms with Crippen LogP contribution in [0.1, 0.15) is 11.5 Å². The zero-order valence-electron chi connectivity index (χ0n) is 8.31. The third kappa shape index (κ3) is 1.95. The summed E-state index contributed by atoms with van der Waals surface area (Å²) in [5.41, 5.74) is 0.861. The highest BCUT2D eigenvalue weighted by Crippen LogP contribution is 2.30. The van der Waals surface area contributed by atoms with Crippen molar-refractivity contribution >= 4 is 27.8 Å². The van der Waals surface area contributed by atoms with Crippen LogP contribution < -0.4 is 5.32 Å². The third-order valence-electron chi connectivity index (χ3n) is 2.72. The largest absolute Gasteiger partial charge is 0.481 e. The van der Waals surface area contributed by atoms with Crippen molar-refractivity contribution in [1.82, 2.24) is 5.32 Å². The molecule has 1 aromatic carbocycles. The van der Waals surface area contributed by atoms with Gasteiger partial charge >= 0.3 is 5.97 Å². The van der Waals surface area contributed by atoms with Crippen molar-refractivity contribution in [2.75, 3.05) is 6.54 Å². The highest BCUT2D eigenvalue weighted by Gasteiger charge is 2.41. The predicted octanol–water partition coefficient (Wildman–Crippen LogP) is 1.36. The standard InChI is InChI=1S/C11H10BrNO3/c12-7-3-1-2-6(4-7)8-5-13-10(14)9(8)11(15)16/h1-4,8-9H,5H2,(H,13,14)(H,15,16)/t8-,9-/m0/s1. The number of halogens is 1. The van der Waals surface area contributed by atoms with Crippen molar-refractivity contribution in [3.05, 3.63) is 34.3 Å². The van der Waals surface area contributed by atoms with Gasteiger partial charge < -0.3 is 10.4 Å². The van der Waals surface area contributed by atoms with E-state index in [9.17, 15) is 9.59 Å². The molecule has 1 aromatic rings. The van der Waals surface area contributed by atoms with E-state index in [4.69, 9.17) is 5.11 Å². The van der Waals surface area contributed by atoms with Crippen LogP contribution in [0.15, 0.2) is 28.7 Å². The quantitative estimate of drug-likeness (QED) is 0.806. The number of hydrogen-bond donors (Lipinski definition) is 2. The van der Waals surface area contributed by atoms with Crippen molar-refractivity contribution in [3.63, 3.8) is 0 Å². The fourth-order valence-corrected chi connectivity index (χ4v) is 2.37. The molecule has 0 bridgehead atoms. The second-order valence-corrected chi connectivity index (χ2v) is 4.64. The van der Waals surface area contributed by atoms with E-state index in [-0.39, 0.29) is 5.92 Å². The molecule has 1 amide bonds. The first-order chi connectivity index (χ1) is 7.59. The minimum Gasteiger partial charge on any atom is -0.481 e. The number of carboxylic acids is 1. The number of rotatable bonds is 2. The van der Waals surface area contributed by atoms with E-state index in [1.54, 1.807) is 0 Å². The normalized spacial score (nSPS) is 24.2. The Morgan fingerprint density at radius 3 is 2.88 bits per heavy atom. The van der Waals surface area contributed by atoms with Gasteiger partial charge in [0.1, 0.15) is 5.92 Å². The number of aliphatic carboxylic acids is 1. The number of benzene rings is 1. The van der Waals surface area contributed by atoms with Crippen molar-refractivity contribution in [2.24, 2.45) is 5.92 Å². The van der Waals surface area contributed by atoms with Gasteiger partial charge in [0.15, 0.2) is 0 Å². The first-order valence-electron chi connectivity index (χ1n) is 4.85. The van der Waals surface area contributed by atoms with Gasteiger partial charge in [-0.3, -0.25) is 9.59 Å². The number of carbonyl (C=O) groups is 2. The smallest absolute Gasteiger partial charge is 0.316 e. The molecule has 0 unspecified atom stereocenters. The monoisotopic (exact) mass is 283 g/mol. The summed E-state index contributed by atoms with van der Waals surface area (Å²) in [6.07, 6.45) is 0. The number of nitrogens with one attached hydrogen (secondary N) is 1. The molecular formula is C11H10BrNO3. The van der Waals surface area contributed by atoms with E-state index in [0.29, 0.717) is 6.54 Å². The maximum Gasteiger partial charge on any atom is 0.316 e. The molecule has 5 heteroatoms. The summed E-state index contributed by atoms with van der Waals surface area (Å²) in [6, 6.07) is 7.39. The van der Waals surface area contributed by atoms with Crippen molar-refractivity contribution in [3.8, 4) is 0 Å². The van der Waals surface area contributed by atoms with Crippen LogP contribution in [-0.2, 0) is 9.59 Å². The maximum atomic E-state index is 11.4. The Bertz CT molecular complexity index is 447. The van der Waals surface area contributed by atoms with Crippen molar-refractivity contribution in [2.45, 2.75) is 5.92 Å². The van der Waals surface area contributed by atoms with Gasteiger partial charge in [-0.15, -0.1) is 0 Å². The molecule has 2 rings (SSSR count). The molecule has 16 heavy (non-hydrogen) atoms. The van der Waals surface area contributed by atoms with Crippen LogP contribution in [0.3, 0.4) is 0 Å². The van der Waals surface area contributed by atoms with Crippen LogP contribution in [0.2, 0.25) is 0 Å². The average Bonchev–Trinajstić information content (AvgIpc) is 2.60. The molecule has 0 aromatic heterocycles. The number of amides is 1. The molecule has 1 saturated heterocycles. The Morgan fingerprint density at radius 2 is 2.25 bits per heavy atom. The van der Waals surface area contributed by atoms with Crippen LogP contribution >= 0.6 is 15.9 Å². The maximum absolute atomic E-state index is 11.4. The second-order valence-electron chi connectivity index (χ2n) is 3.72. The lowest BCUT2D eigenvalue weighted by atomic mass is 9.89. The molecule has 1 aliphatic rings. The summed E-state index contributed by atoms with van der Waals surface area (Å²) in [6.45, 7) is 0.381. The zero-order chi connectivity index (χ0) is 11.7. The Morgan fingerprint density at radius 1 is 1.50 bits per heavy atom. The Labute approximate surface area is 101 Å². The fraction of sp³-hybridized carbons (Fsp3) is 0.273. The second kappa shape index (κ2) is 4.25. The van der Waals surface area contributed by atoms with Gasteiger partial charge in [0.2, 0.25) is 5.91 Å². The number of carboxylic acid groups (broad SMARTS) is 1. The average molecular weight is 284 g/mol. The molecule has 84 valence electrons. The lowest BCUT2D eigenvalue weighted by Gasteiger charge is -2.13. The van der Waals surface area contributed by atoms with Gasteiger partial charge in [0.05, 0.1) is 0 Å². The first-order valence-corrected chi connectivity index (χ1v) is 5.65. The fourth-order valence-electron chi connectivity index (χ4n) is 1.95. The van der Waals surface area contributed by atoms with Gasteiger partial charge in [-0.1, -0.05) is 28.1 Å². The highest BCUT2D eigenvalue weighted by molar-refractivity contribution is 9.10. The third-order valence-corrected chi connectivity index (χ3v) is 3.22.